The van der Waals surface area contributed by atoms with Crippen LogP contribution in [-0.2, 0) is 16.1 Å². The number of hydrogen-bond donors (Lipinski definition) is 2. The van der Waals surface area contributed by atoms with Crippen molar-refractivity contribution in [3.63, 3.8) is 0 Å². The molecule has 1 unspecified atom stereocenters. The summed E-state index contributed by atoms with van der Waals surface area (Å²) >= 11 is 1.17. The summed E-state index contributed by atoms with van der Waals surface area (Å²) in [4.78, 5) is 33.2. The predicted octanol–water partition coefficient (Wildman–Crippen LogP) is 3.46. The number of methoxy groups -OCH3 is 1. The Bertz CT molecular complexity index is 1290. The number of thiazole rings is 1. The number of benzene rings is 1. The Hall–Kier alpha value is -3.55. The second-order valence-electron chi connectivity index (χ2n) is 7.80. The van der Waals surface area contributed by atoms with Gasteiger partial charge in [0.05, 0.1) is 17.5 Å². The van der Waals surface area contributed by atoms with Crippen molar-refractivity contribution in [2.45, 2.75) is 32.4 Å². The van der Waals surface area contributed by atoms with E-state index in [4.69, 9.17) is 4.74 Å². The van der Waals surface area contributed by atoms with Crippen LogP contribution in [0.2, 0.25) is 0 Å². The highest BCUT2D eigenvalue weighted by atomic mass is 32.1. The third kappa shape index (κ3) is 8.23. The maximum Gasteiger partial charge on any atom is 0.573 e. The van der Waals surface area contributed by atoms with E-state index in [1.165, 1.54) is 55.7 Å². The number of alkyl halides is 3. The van der Waals surface area contributed by atoms with Gasteiger partial charge >= 0.3 is 6.36 Å². The molecule has 9 nitrogen and oxygen atoms in total. The monoisotopic (exact) mass is 538 g/mol. The number of carbonyl (C=O) groups excluding carboxylic acids is 2. The van der Waals surface area contributed by atoms with E-state index in [2.05, 4.69) is 20.0 Å². The molecule has 0 spiro atoms. The zero-order chi connectivity index (χ0) is 27.0. The van der Waals surface area contributed by atoms with Gasteiger partial charge in [-0.1, -0.05) is 6.07 Å². The number of pyridine rings is 1. The maximum absolute atomic E-state index is 12.8. The van der Waals surface area contributed by atoms with E-state index in [-0.39, 0.29) is 24.0 Å². The normalized spacial score (nSPS) is 12.9. The molecule has 0 fully saturated rings. The van der Waals surface area contributed by atoms with Crippen LogP contribution in [0.25, 0.3) is 11.3 Å². The molecule has 3 aromatic rings. The van der Waals surface area contributed by atoms with E-state index in [1.807, 2.05) is 0 Å². The van der Waals surface area contributed by atoms with E-state index >= 15 is 0 Å². The van der Waals surface area contributed by atoms with Crippen molar-refractivity contribution < 1.29 is 37.3 Å². The molecule has 0 bridgehead atoms. The molecular formula is C24H25F3N4O5S. The number of amides is 2. The molecular weight excluding hydrogens is 513 g/mol. The molecule has 13 heteroatoms. The fourth-order valence-corrected chi connectivity index (χ4v) is 4.22. The fraction of sp³-hybridized carbons (Fsp3) is 0.333. The zero-order valence-corrected chi connectivity index (χ0v) is 20.8. The Balaban J connectivity index is 1.91. The summed E-state index contributed by atoms with van der Waals surface area (Å²) in [6.07, 6.45) is -5.18. The zero-order valence-electron chi connectivity index (χ0n) is 20.0. The van der Waals surface area contributed by atoms with Crippen molar-refractivity contribution in [2.75, 3.05) is 20.3 Å². The molecule has 0 radical (unpaired) electrons. The lowest BCUT2D eigenvalue weighted by Crippen LogP contribution is -2.29. The van der Waals surface area contributed by atoms with Crippen molar-refractivity contribution in [1.29, 1.82) is 0 Å². The highest BCUT2D eigenvalue weighted by molar-refractivity contribution is 7.07. The topological polar surface area (TPSA) is 115 Å². The molecule has 2 heterocycles. The third-order valence-electron chi connectivity index (χ3n) is 4.95. The van der Waals surface area contributed by atoms with Gasteiger partial charge in [-0.25, -0.2) is 4.98 Å². The first-order valence-corrected chi connectivity index (χ1v) is 12.0. The van der Waals surface area contributed by atoms with Gasteiger partial charge in [0.1, 0.15) is 18.1 Å². The van der Waals surface area contributed by atoms with Gasteiger partial charge in [0.15, 0.2) is 4.80 Å². The standard InChI is InChI=1S/C24H25F3N4O5S/c1-15(32)18-5-3-6-19(29-18)22(34)30-23-31(12-4-11-28-21(33)13-35-2)20(14-37-23)16-7-9-17(10-8-16)36-24(25,26)27/h3,5-10,14-15,32H,4,11-13H2,1-2H3,(H,28,33). The number of hydrogen-bond acceptors (Lipinski definition) is 7. The number of nitrogens with zero attached hydrogens (tertiary/aromatic N) is 3. The summed E-state index contributed by atoms with van der Waals surface area (Å²) in [5, 5.41) is 14.2. The minimum atomic E-state index is -4.80. The van der Waals surface area contributed by atoms with Crippen LogP contribution in [0.3, 0.4) is 0 Å². The molecule has 0 aliphatic rings. The van der Waals surface area contributed by atoms with Gasteiger partial charge in [0, 0.05) is 25.6 Å². The SMILES string of the molecule is COCC(=O)NCCCn1c(-c2ccc(OC(F)(F)F)cc2)csc1=NC(=O)c1cccc(C(C)O)n1. The summed E-state index contributed by atoms with van der Waals surface area (Å²) in [5.41, 5.74) is 1.58. The van der Waals surface area contributed by atoms with Crippen LogP contribution in [0.5, 0.6) is 5.75 Å². The number of nitrogens with one attached hydrogen (secondary N) is 1. The molecule has 2 amide bonds. The Morgan fingerprint density at radius 3 is 2.59 bits per heavy atom. The van der Waals surface area contributed by atoms with Gasteiger partial charge in [0.25, 0.3) is 5.91 Å². The van der Waals surface area contributed by atoms with E-state index in [0.717, 1.165) is 0 Å². The third-order valence-corrected chi connectivity index (χ3v) is 5.82. The van der Waals surface area contributed by atoms with Crippen molar-refractivity contribution in [3.8, 4) is 17.0 Å². The number of halogens is 3. The van der Waals surface area contributed by atoms with Crippen LogP contribution in [-0.4, -0.2) is 53.1 Å². The van der Waals surface area contributed by atoms with Crippen molar-refractivity contribution in [3.05, 3.63) is 64.0 Å². The fourth-order valence-electron chi connectivity index (χ4n) is 3.29. The van der Waals surface area contributed by atoms with Gasteiger partial charge in [-0.15, -0.1) is 24.5 Å². The molecule has 0 aliphatic heterocycles. The summed E-state index contributed by atoms with van der Waals surface area (Å²) in [6.45, 7) is 2.13. The highest BCUT2D eigenvalue weighted by Gasteiger charge is 2.31. The number of aliphatic hydroxyl groups is 1. The van der Waals surface area contributed by atoms with Crippen LogP contribution in [0, 0.1) is 0 Å². The Morgan fingerprint density at radius 1 is 1.22 bits per heavy atom. The number of carbonyl (C=O) groups is 2. The first-order chi connectivity index (χ1) is 17.6. The lowest BCUT2D eigenvalue weighted by molar-refractivity contribution is -0.274. The lowest BCUT2D eigenvalue weighted by Gasteiger charge is -2.12. The average molecular weight is 539 g/mol. The van der Waals surface area contributed by atoms with E-state index in [0.29, 0.717) is 41.3 Å². The van der Waals surface area contributed by atoms with Gasteiger partial charge in [-0.2, -0.15) is 4.99 Å². The number of aliphatic hydroxyl groups excluding tert-OH is 1. The van der Waals surface area contributed by atoms with Gasteiger partial charge in [-0.05, 0) is 55.3 Å². The first kappa shape index (κ1) is 28.0. The molecule has 0 saturated carbocycles. The molecule has 0 saturated heterocycles. The van der Waals surface area contributed by atoms with E-state index in [1.54, 1.807) is 22.1 Å². The summed E-state index contributed by atoms with van der Waals surface area (Å²) in [6, 6.07) is 10.0. The van der Waals surface area contributed by atoms with Crippen molar-refractivity contribution in [1.82, 2.24) is 14.9 Å². The first-order valence-electron chi connectivity index (χ1n) is 11.1. The van der Waals surface area contributed by atoms with Crippen molar-refractivity contribution >= 4 is 23.2 Å². The van der Waals surface area contributed by atoms with Gasteiger partial charge in [0.2, 0.25) is 5.91 Å². The van der Waals surface area contributed by atoms with Crippen molar-refractivity contribution in [2.24, 2.45) is 4.99 Å². The highest BCUT2D eigenvalue weighted by Crippen LogP contribution is 2.27. The second kappa shape index (κ2) is 12.6. The van der Waals surface area contributed by atoms with Crippen LogP contribution in [0.4, 0.5) is 13.2 Å². The summed E-state index contributed by atoms with van der Waals surface area (Å²) < 4.78 is 48.0. The van der Waals surface area contributed by atoms with Crippen LogP contribution < -0.4 is 14.9 Å². The van der Waals surface area contributed by atoms with Crippen LogP contribution >= 0.6 is 11.3 Å². The Labute approximate surface area is 214 Å². The van der Waals surface area contributed by atoms with Crippen LogP contribution in [0.1, 0.15) is 35.6 Å². The summed E-state index contributed by atoms with van der Waals surface area (Å²) in [7, 11) is 1.41. The largest absolute Gasteiger partial charge is 0.573 e. The Morgan fingerprint density at radius 2 is 1.95 bits per heavy atom. The molecule has 3 rings (SSSR count). The molecule has 2 N–H and O–H groups in total. The molecule has 37 heavy (non-hydrogen) atoms. The number of ether oxygens (including phenoxy) is 2. The molecule has 1 aromatic carbocycles. The van der Waals surface area contributed by atoms with Gasteiger partial charge in [-0.3, -0.25) is 9.59 Å². The lowest BCUT2D eigenvalue weighted by atomic mass is 10.1. The molecule has 198 valence electrons. The minimum absolute atomic E-state index is 0.0559. The summed E-state index contributed by atoms with van der Waals surface area (Å²) in [5.74, 6) is -1.25. The molecule has 0 aliphatic carbocycles. The Kier molecular flexibility index (Phi) is 9.55. The number of rotatable bonds is 10. The number of aromatic nitrogens is 2. The quantitative estimate of drug-likeness (QED) is 0.382. The second-order valence-corrected chi connectivity index (χ2v) is 8.64. The molecule has 2 aromatic heterocycles. The van der Waals surface area contributed by atoms with E-state index < -0.39 is 18.4 Å². The average Bonchev–Trinajstić information content (AvgIpc) is 3.23. The van der Waals surface area contributed by atoms with E-state index in [9.17, 15) is 27.9 Å². The smallest absolute Gasteiger partial charge is 0.406 e. The molecule has 1 atom stereocenters. The predicted molar refractivity (Wildman–Crippen MR) is 129 cm³/mol. The van der Waals surface area contributed by atoms with Crippen LogP contribution in [0.15, 0.2) is 52.8 Å². The minimum Gasteiger partial charge on any atom is -0.406 e. The maximum atomic E-state index is 12.8. The van der Waals surface area contributed by atoms with Gasteiger partial charge < -0.3 is 24.5 Å².